The van der Waals surface area contributed by atoms with Gasteiger partial charge in [0.25, 0.3) is 0 Å². The molecule has 0 aliphatic rings. The Morgan fingerprint density at radius 3 is 2.92 bits per heavy atom. The summed E-state index contributed by atoms with van der Waals surface area (Å²) in [5.74, 6) is 0.590. The zero-order chi connectivity index (χ0) is 9.26. The van der Waals surface area contributed by atoms with E-state index >= 15 is 0 Å². The van der Waals surface area contributed by atoms with Gasteiger partial charge in [0.05, 0.1) is 0 Å². The number of hydrogen-bond acceptors (Lipinski definition) is 3. The van der Waals surface area contributed by atoms with E-state index in [1.807, 2.05) is 12.1 Å². The minimum absolute atomic E-state index is 0.190. The topological polar surface area (TPSA) is 41.8 Å². The number of rotatable bonds is 1. The number of benzene rings is 1. The Kier molecular flexibility index (Phi) is 2.16. The van der Waals surface area contributed by atoms with Crippen LogP contribution in [0.15, 0.2) is 28.8 Å². The highest BCUT2D eigenvalue weighted by atomic mass is 35.5. The van der Waals surface area contributed by atoms with Gasteiger partial charge in [-0.15, -0.1) is 0 Å². The fourth-order valence-electron chi connectivity index (χ4n) is 0.988. The molecule has 0 saturated heterocycles. The zero-order valence-corrected chi connectivity index (χ0v) is 8.02. The summed E-state index contributed by atoms with van der Waals surface area (Å²) < 4.78 is 4.79. The summed E-state index contributed by atoms with van der Waals surface area (Å²) >= 11 is 10.5. The van der Waals surface area contributed by atoms with Crippen LogP contribution in [0.5, 0.6) is 0 Å². The smallest absolute Gasteiger partial charge is 0.314 e. The summed E-state index contributed by atoms with van der Waals surface area (Å²) in [5.41, 5.74) is 0.854. The van der Waals surface area contributed by atoms with Crippen LogP contribution in [0.1, 0.15) is 0 Å². The fraction of sp³-hybridized carbons (Fsp3) is 0. The highest BCUT2D eigenvalue weighted by molar-refractivity contribution is 7.71. The summed E-state index contributed by atoms with van der Waals surface area (Å²) in [7, 11) is 0. The molecule has 0 spiro atoms. The first kappa shape index (κ1) is 8.47. The molecule has 0 saturated carbocycles. The van der Waals surface area contributed by atoms with Crippen molar-refractivity contribution in [1.82, 2.24) is 10.1 Å². The van der Waals surface area contributed by atoms with Crippen LogP contribution in [0.4, 0.5) is 0 Å². The molecule has 0 aliphatic carbocycles. The summed E-state index contributed by atoms with van der Waals surface area (Å²) in [6.07, 6.45) is 0. The molecule has 0 amide bonds. The summed E-state index contributed by atoms with van der Waals surface area (Å²) in [6, 6.07) is 7.28. The number of H-pyrrole nitrogens is 1. The van der Waals surface area contributed by atoms with E-state index in [-0.39, 0.29) is 4.84 Å². The van der Waals surface area contributed by atoms with Crippen LogP contribution in [0.25, 0.3) is 11.4 Å². The van der Waals surface area contributed by atoms with Crippen LogP contribution >= 0.6 is 23.8 Å². The maximum Gasteiger partial charge on any atom is 0.314 e. The van der Waals surface area contributed by atoms with E-state index in [2.05, 4.69) is 10.1 Å². The van der Waals surface area contributed by atoms with Crippen molar-refractivity contribution in [3.8, 4) is 11.4 Å². The largest absolute Gasteiger partial charge is 0.348 e. The Balaban J connectivity index is 2.52. The van der Waals surface area contributed by atoms with E-state index in [9.17, 15) is 0 Å². The lowest BCUT2D eigenvalue weighted by Gasteiger charge is -1.94. The van der Waals surface area contributed by atoms with Gasteiger partial charge in [-0.3, -0.25) is 0 Å². The molecule has 0 unspecified atom stereocenters. The molecule has 13 heavy (non-hydrogen) atoms. The first-order valence-electron chi connectivity index (χ1n) is 3.57. The van der Waals surface area contributed by atoms with Gasteiger partial charge in [0, 0.05) is 10.6 Å². The third-order valence-electron chi connectivity index (χ3n) is 1.54. The molecular formula is C8H5ClN2OS. The van der Waals surface area contributed by atoms with Gasteiger partial charge < -0.3 is 4.52 Å². The normalized spacial score (nSPS) is 10.2. The zero-order valence-electron chi connectivity index (χ0n) is 6.45. The minimum Gasteiger partial charge on any atom is -0.348 e. The Labute approximate surface area is 84.3 Å². The standard InChI is InChI=1S/C8H5ClN2OS/c9-6-3-1-2-5(4-6)7-10-8(13)12-11-7/h1-4H,(H,10,11,13). The fourth-order valence-corrected chi connectivity index (χ4v) is 1.31. The van der Waals surface area contributed by atoms with Crippen molar-refractivity contribution >= 4 is 23.8 Å². The molecule has 66 valence electrons. The van der Waals surface area contributed by atoms with Gasteiger partial charge in [0.15, 0.2) is 5.82 Å². The highest BCUT2D eigenvalue weighted by Crippen LogP contribution is 2.18. The van der Waals surface area contributed by atoms with E-state index in [0.29, 0.717) is 10.8 Å². The summed E-state index contributed by atoms with van der Waals surface area (Å²) in [6.45, 7) is 0. The van der Waals surface area contributed by atoms with Crippen molar-refractivity contribution in [3.63, 3.8) is 0 Å². The number of nitrogens with zero attached hydrogens (tertiary/aromatic N) is 1. The third-order valence-corrected chi connectivity index (χ3v) is 1.95. The maximum atomic E-state index is 5.80. The third kappa shape index (κ3) is 1.79. The minimum atomic E-state index is 0.190. The molecule has 0 atom stereocenters. The Morgan fingerprint density at radius 2 is 2.31 bits per heavy atom. The van der Waals surface area contributed by atoms with Gasteiger partial charge in [0.1, 0.15) is 0 Å². The Morgan fingerprint density at radius 1 is 1.46 bits per heavy atom. The van der Waals surface area contributed by atoms with E-state index in [1.165, 1.54) is 0 Å². The molecule has 1 aromatic heterocycles. The molecule has 5 heteroatoms. The first-order valence-corrected chi connectivity index (χ1v) is 4.36. The molecule has 2 rings (SSSR count). The van der Waals surface area contributed by atoms with E-state index in [0.717, 1.165) is 5.56 Å². The SMILES string of the molecule is S=c1nc(-c2cccc(Cl)c2)[nH]o1. The summed E-state index contributed by atoms with van der Waals surface area (Å²) in [4.78, 5) is 4.15. The van der Waals surface area contributed by atoms with Gasteiger partial charge >= 0.3 is 4.84 Å². The van der Waals surface area contributed by atoms with Crippen molar-refractivity contribution < 1.29 is 4.52 Å². The first-order chi connectivity index (χ1) is 6.25. The highest BCUT2D eigenvalue weighted by Gasteiger charge is 2.01. The quantitative estimate of drug-likeness (QED) is 0.739. The average molecular weight is 213 g/mol. The lowest BCUT2D eigenvalue weighted by atomic mass is 10.2. The second kappa shape index (κ2) is 3.32. The van der Waals surface area contributed by atoms with Gasteiger partial charge in [-0.2, -0.15) is 4.98 Å². The molecule has 0 bridgehead atoms. The van der Waals surface area contributed by atoms with Crippen LogP contribution in [0.2, 0.25) is 5.02 Å². The van der Waals surface area contributed by atoms with Crippen molar-refractivity contribution in [2.45, 2.75) is 0 Å². The molecule has 1 aromatic carbocycles. The van der Waals surface area contributed by atoms with Gasteiger partial charge in [-0.1, -0.05) is 23.7 Å². The molecule has 3 nitrogen and oxygen atoms in total. The lowest BCUT2D eigenvalue weighted by molar-refractivity contribution is 0.406. The van der Waals surface area contributed by atoms with Crippen molar-refractivity contribution in [2.75, 3.05) is 0 Å². The van der Waals surface area contributed by atoms with Gasteiger partial charge in [0.2, 0.25) is 0 Å². The van der Waals surface area contributed by atoms with Gasteiger partial charge in [-0.25, -0.2) is 5.16 Å². The van der Waals surface area contributed by atoms with Crippen LogP contribution in [-0.2, 0) is 0 Å². The average Bonchev–Trinajstić information content (AvgIpc) is 2.52. The van der Waals surface area contributed by atoms with Crippen LogP contribution in [0.3, 0.4) is 0 Å². The van der Waals surface area contributed by atoms with Gasteiger partial charge in [-0.05, 0) is 24.4 Å². The monoisotopic (exact) mass is 212 g/mol. The lowest BCUT2D eigenvalue weighted by Crippen LogP contribution is -1.78. The second-order valence-corrected chi connectivity index (χ2v) is 3.23. The second-order valence-electron chi connectivity index (χ2n) is 2.44. The predicted molar refractivity (Wildman–Crippen MR) is 52.1 cm³/mol. The van der Waals surface area contributed by atoms with E-state index in [4.69, 9.17) is 28.3 Å². The summed E-state index contributed by atoms with van der Waals surface area (Å²) in [5, 5.41) is 3.25. The number of hydrogen-bond donors (Lipinski definition) is 1. The number of halogens is 1. The van der Waals surface area contributed by atoms with Crippen molar-refractivity contribution in [2.24, 2.45) is 0 Å². The maximum absolute atomic E-state index is 5.80. The molecule has 1 heterocycles. The van der Waals surface area contributed by atoms with Crippen molar-refractivity contribution in [1.29, 1.82) is 0 Å². The Bertz CT molecular complexity index is 477. The molecule has 0 radical (unpaired) electrons. The molecule has 1 N–H and O–H groups in total. The molecule has 0 aliphatic heterocycles. The predicted octanol–water partition coefficient (Wildman–Crippen LogP) is 3.05. The van der Waals surface area contributed by atoms with Crippen LogP contribution in [0, 0.1) is 4.84 Å². The van der Waals surface area contributed by atoms with Crippen LogP contribution < -0.4 is 0 Å². The van der Waals surface area contributed by atoms with E-state index < -0.39 is 0 Å². The van der Waals surface area contributed by atoms with Crippen molar-refractivity contribution in [3.05, 3.63) is 34.1 Å². The number of aromatic nitrogens is 2. The molecular weight excluding hydrogens is 208 g/mol. The van der Waals surface area contributed by atoms with E-state index in [1.54, 1.807) is 12.1 Å². The number of nitrogens with one attached hydrogen (secondary N) is 1. The molecule has 2 aromatic rings. The Hall–Kier alpha value is -1.13. The number of aromatic amines is 1. The van der Waals surface area contributed by atoms with Crippen LogP contribution in [-0.4, -0.2) is 10.1 Å². The molecule has 0 fully saturated rings.